The Morgan fingerprint density at radius 1 is 1.27 bits per heavy atom. The van der Waals surface area contributed by atoms with Gasteiger partial charge in [-0.3, -0.25) is 14.7 Å². The number of rotatable bonds is 8. The van der Waals surface area contributed by atoms with Gasteiger partial charge in [0.05, 0.1) is 29.7 Å². The summed E-state index contributed by atoms with van der Waals surface area (Å²) in [6.07, 6.45) is 4.46. The van der Waals surface area contributed by atoms with Gasteiger partial charge in [-0.15, -0.1) is 0 Å². The van der Waals surface area contributed by atoms with E-state index in [2.05, 4.69) is 9.88 Å². The predicted molar refractivity (Wildman–Crippen MR) is 140 cm³/mol. The summed E-state index contributed by atoms with van der Waals surface area (Å²) in [5, 5.41) is 22.0. The molecule has 1 saturated heterocycles. The molecule has 5 rings (SSSR count). The molecule has 0 spiro atoms. The standard InChI is InChI=1S/C29H32ClFN2O4/c1-37-20-6-7-26-23(15-20)22(9-11-32-26)27(34)8-5-17-10-12-33(16-24(17)29(35)36)19-13-18(14-19)21-3-2-4-25(30)28(21)31/h2-4,6-7,9,11,15,17-19,24,27,34H,5,8,10,12-14,16H2,1H3,(H,35,36)/t17-,18?,19?,24+,27+/m1/s1. The van der Waals surface area contributed by atoms with Gasteiger partial charge in [-0.05, 0) is 91.9 Å². The van der Waals surface area contributed by atoms with Crippen LogP contribution >= 0.6 is 11.6 Å². The van der Waals surface area contributed by atoms with Gasteiger partial charge in [-0.2, -0.15) is 0 Å². The maximum Gasteiger partial charge on any atom is 0.308 e. The van der Waals surface area contributed by atoms with Gasteiger partial charge < -0.3 is 14.9 Å². The van der Waals surface area contributed by atoms with Gasteiger partial charge in [0, 0.05) is 24.2 Å². The largest absolute Gasteiger partial charge is 0.497 e. The number of fused-ring (bicyclic) bond motifs is 1. The zero-order valence-electron chi connectivity index (χ0n) is 20.8. The van der Waals surface area contributed by atoms with Crippen LogP contribution in [0.2, 0.25) is 5.02 Å². The van der Waals surface area contributed by atoms with Gasteiger partial charge in [0.2, 0.25) is 0 Å². The smallest absolute Gasteiger partial charge is 0.308 e. The summed E-state index contributed by atoms with van der Waals surface area (Å²) in [7, 11) is 1.60. The quantitative estimate of drug-likeness (QED) is 0.385. The number of benzene rings is 2. The Morgan fingerprint density at radius 3 is 2.84 bits per heavy atom. The number of hydrogen-bond donors (Lipinski definition) is 2. The molecule has 8 heteroatoms. The Morgan fingerprint density at radius 2 is 2.08 bits per heavy atom. The third-order valence-corrected chi connectivity index (χ3v) is 8.60. The van der Waals surface area contributed by atoms with E-state index in [0.717, 1.165) is 42.3 Å². The van der Waals surface area contributed by atoms with Crippen LogP contribution in [0, 0.1) is 17.7 Å². The molecule has 2 N–H and O–H groups in total. The molecule has 3 atom stereocenters. The summed E-state index contributed by atoms with van der Waals surface area (Å²) in [5.41, 5.74) is 2.22. The number of pyridine rings is 1. The third kappa shape index (κ3) is 5.31. The van der Waals surface area contributed by atoms with Crippen molar-refractivity contribution in [3.8, 4) is 5.75 Å². The van der Waals surface area contributed by atoms with Crippen molar-refractivity contribution < 1.29 is 24.1 Å². The zero-order chi connectivity index (χ0) is 26.1. The number of carboxylic acid groups (broad SMARTS) is 1. The van der Waals surface area contributed by atoms with Crippen LogP contribution in [0.25, 0.3) is 10.9 Å². The van der Waals surface area contributed by atoms with E-state index >= 15 is 0 Å². The van der Waals surface area contributed by atoms with Crippen molar-refractivity contribution in [2.75, 3.05) is 20.2 Å². The van der Waals surface area contributed by atoms with Crippen molar-refractivity contribution in [1.82, 2.24) is 9.88 Å². The lowest BCUT2D eigenvalue weighted by molar-refractivity contribution is -0.147. The number of piperidine rings is 1. The van der Waals surface area contributed by atoms with Crippen LogP contribution in [0.15, 0.2) is 48.7 Å². The van der Waals surface area contributed by atoms with Crippen molar-refractivity contribution in [1.29, 1.82) is 0 Å². The third-order valence-electron chi connectivity index (χ3n) is 8.31. The molecule has 0 radical (unpaired) electrons. The normalized spacial score (nSPS) is 25.0. The molecule has 2 fully saturated rings. The van der Waals surface area contributed by atoms with Gasteiger partial charge in [-0.25, -0.2) is 4.39 Å². The molecule has 2 aromatic carbocycles. The molecule has 1 aliphatic heterocycles. The number of aliphatic hydroxyl groups is 1. The van der Waals surface area contributed by atoms with Crippen molar-refractivity contribution in [3.05, 3.63) is 70.6 Å². The summed E-state index contributed by atoms with van der Waals surface area (Å²) in [6, 6.07) is 12.8. The lowest BCUT2D eigenvalue weighted by Crippen LogP contribution is -2.52. The summed E-state index contributed by atoms with van der Waals surface area (Å²) in [4.78, 5) is 18.8. The molecule has 0 amide bonds. The molecule has 0 unspecified atom stereocenters. The fourth-order valence-electron chi connectivity index (χ4n) is 6.05. The first-order valence-corrected chi connectivity index (χ1v) is 13.2. The van der Waals surface area contributed by atoms with E-state index in [-0.39, 0.29) is 28.7 Å². The Labute approximate surface area is 221 Å². The number of likely N-dealkylation sites (tertiary alicyclic amines) is 1. The first kappa shape index (κ1) is 25.9. The Hall–Kier alpha value is -2.74. The number of aliphatic hydroxyl groups excluding tert-OH is 1. The maximum absolute atomic E-state index is 14.4. The number of hydrogen-bond acceptors (Lipinski definition) is 5. The number of methoxy groups -OCH3 is 1. The van der Waals surface area contributed by atoms with E-state index in [9.17, 15) is 19.4 Å². The van der Waals surface area contributed by atoms with Crippen LogP contribution in [-0.4, -0.2) is 52.3 Å². The molecule has 196 valence electrons. The van der Waals surface area contributed by atoms with E-state index in [1.807, 2.05) is 24.3 Å². The first-order chi connectivity index (χ1) is 17.9. The Bertz CT molecular complexity index is 1280. The van der Waals surface area contributed by atoms with Crippen molar-refractivity contribution in [2.45, 2.75) is 50.2 Å². The zero-order valence-corrected chi connectivity index (χ0v) is 21.6. The highest BCUT2D eigenvalue weighted by Gasteiger charge is 2.41. The molecule has 1 saturated carbocycles. The highest BCUT2D eigenvalue weighted by Crippen LogP contribution is 2.44. The fraction of sp³-hybridized carbons (Fsp3) is 0.448. The molecule has 6 nitrogen and oxygen atoms in total. The number of aliphatic carboxylic acids is 1. The predicted octanol–water partition coefficient (Wildman–Crippen LogP) is 5.82. The van der Waals surface area contributed by atoms with Gasteiger partial charge in [0.25, 0.3) is 0 Å². The lowest BCUT2D eigenvalue weighted by atomic mass is 9.73. The van der Waals surface area contributed by atoms with E-state index in [4.69, 9.17) is 16.3 Å². The first-order valence-electron chi connectivity index (χ1n) is 12.9. The average Bonchev–Trinajstić information content (AvgIpc) is 2.88. The lowest BCUT2D eigenvalue weighted by Gasteiger charge is -2.47. The maximum atomic E-state index is 14.4. The Kier molecular flexibility index (Phi) is 7.65. The topological polar surface area (TPSA) is 82.9 Å². The van der Waals surface area contributed by atoms with Crippen LogP contribution < -0.4 is 4.74 Å². The van der Waals surface area contributed by atoms with Crippen LogP contribution in [0.1, 0.15) is 55.3 Å². The van der Waals surface area contributed by atoms with E-state index in [1.165, 1.54) is 0 Å². The van der Waals surface area contributed by atoms with Gasteiger partial charge in [-0.1, -0.05) is 23.7 Å². The van der Waals surface area contributed by atoms with Crippen molar-refractivity contribution in [2.24, 2.45) is 11.8 Å². The number of carbonyl (C=O) groups is 1. The molecule has 2 aliphatic rings. The monoisotopic (exact) mass is 526 g/mol. The van der Waals surface area contributed by atoms with Gasteiger partial charge >= 0.3 is 5.97 Å². The van der Waals surface area contributed by atoms with Crippen LogP contribution in [0.5, 0.6) is 5.75 Å². The second-order valence-electron chi connectivity index (χ2n) is 10.3. The number of aromatic nitrogens is 1. The van der Waals surface area contributed by atoms with Crippen molar-refractivity contribution in [3.63, 3.8) is 0 Å². The van der Waals surface area contributed by atoms with Gasteiger partial charge in [0.15, 0.2) is 0 Å². The number of nitrogens with zero attached hydrogens (tertiary/aromatic N) is 2. The van der Waals surface area contributed by atoms with E-state index in [1.54, 1.807) is 31.5 Å². The molecule has 1 aromatic heterocycles. The van der Waals surface area contributed by atoms with E-state index in [0.29, 0.717) is 30.7 Å². The fourth-order valence-corrected chi connectivity index (χ4v) is 6.23. The summed E-state index contributed by atoms with van der Waals surface area (Å²) < 4.78 is 19.7. The molecule has 3 aromatic rings. The average molecular weight is 527 g/mol. The molecular weight excluding hydrogens is 495 g/mol. The summed E-state index contributed by atoms with van der Waals surface area (Å²) in [5.74, 6) is -0.810. The molecule has 0 bridgehead atoms. The number of halogens is 2. The summed E-state index contributed by atoms with van der Waals surface area (Å²) >= 11 is 5.95. The molecule has 1 aliphatic carbocycles. The van der Waals surface area contributed by atoms with Crippen LogP contribution in [0.4, 0.5) is 4.39 Å². The minimum absolute atomic E-state index is 0.00714. The number of ether oxygens (including phenoxy) is 1. The highest BCUT2D eigenvalue weighted by molar-refractivity contribution is 6.30. The SMILES string of the molecule is COc1ccc2nccc([C@@H](O)CC[C@@H]3CCN(C4CC(c5cccc(Cl)c5F)C4)C[C@@H]3C(=O)O)c2c1. The Balaban J connectivity index is 1.20. The molecule has 37 heavy (non-hydrogen) atoms. The van der Waals surface area contributed by atoms with Crippen molar-refractivity contribution >= 4 is 28.5 Å². The number of carboxylic acids is 1. The van der Waals surface area contributed by atoms with Crippen LogP contribution in [0.3, 0.4) is 0 Å². The second-order valence-corrected chi connectivity index (χ2v) is 10.7. The van der Waals surface area contributed by atoms with E-state index < -0.39 is 18.0 Å². The summed E-state index contributed by atoms with van der Waals surface area (Å²) in [6.45, 7) is 1.30. The minimum Gasteiger partial charge on any atom is -0.497 e. The second kappa shape index (κ2) is 10.9. The highest BCUT2D eigenvalue weighted by atomic mass is 35.5. The van der Waals surface area contributed by atoms with Crippen LogP contribution in [-0.2, 0) is 4.79 Å². The minimum atomic E-state index is -0.792. The molecular formula is C29H32ClFN2O4. The molecule has 2 heterocycles. The van der Waals surface area contributed by atoms with Gasteiger partial charge in [0.1, 0.15) is 11.6 Å².